The quantitative estimate of drug-likeness (QED) is 0.570. The molecule has 4 aromatic rings. The van der Waals surface area contributed by atoms with E-state index in [-0.39, 0.29) is 0 Å². The Morgan fingerprint density at radius 1 is 1.00 bits per heavy atom. The predicted octanol–water partition coefficient (Wildman–Crippen LogP) is 3.14. The number of nitrogens with one attached hydrogen (secondary N) is 1. The third kappa shape index (κ3) is 3.31. The van der Waals surface area contributed by atoms with Crippen LogP contribution in [0.25, 0.3) is 28.1 Å². The van der Waals surface area contributed by atoms with Crippen molar-refractivity contribution in [1.82, 2.24) is 29.9 Å². The van der Waals surface area contributed by atoms with Crippen molar-refractivity contribution in [3.63, 3.8) is 0 Å². The normalized spacial score (nSPS) is 19.9. The van der Waals surface area contributed by atoms with Crippen LogP contribution in [0.2, 0.25) is 0 Å². The van der Waals surface area contributed by atoms with Gasteiger partial charge in [-0.15, -0.1) is 0 Å². The lowest BCUT2D eigenvalue weighted by molar-refractivity contribution is 0.407. The Morgan fingerprint density at radius 3 is 2.59 bits per heavy atom. The van der Waals surface area contributed by atoms with Gasteiger partial charge in [-0.1, -0.05) is 0 Å². The Morgan fingerprint density at radius 2 is 1.79 bits per heavy atom. The molecule has 1 fully saturated rings. The van der Waals surface area contributed by atoms with E-state index in [1.54, 1.807) is 0 Å². The van der Waals surface area contributed by atoms with Crippen molar-refractivity contribution < 1.29 is 0 Å². The fourth-order valence-corrected chi connectivity index (χ4v) is 4.22. The van der Waals surface area contributed by atoms with Gasteiger partial charge in [0.1, 0.15) is 5.69 Å². The highest BCUT2D eigenvalue weighted by Crippen LogP contribution is 2.24. The molecule has 0 spiro atoms. The van der Waals surface area contributed by atoms with E-state index in [2.05, 4.69) is 46.2 Å². The van der Waals surface area contributed by atoms with Crippen LogP contribution in [0.1, 0.15) is 25.1 Å². The summed E-state index contributed by atoms with van der Waals surface area (Å²) in [6.07, 6.45) is 3.87. The summed E-state index contributed by atoms with van der Waals surface area (Å²) in [5.74, 6) is 0. The number of aryl methyl sites for hydroxylation is 2. The molecule has 5 rings (SSSR count). The van der Waals surface area contributed by atoms with Crippen molar-refractivity contribution in [1.29, 1.82) is 0 Å². The topological polar surface area (TPSA) is 71.2 Å². The van der Waals surface area contributed by atoms with Gasteiger partial charge >= 0.3 is 0 Å². The van der Waals surface area contributed by atoms with E-state index in [9.17, 15) is 0 Å². The maximum atomic E-state index is 4.78. The second-order valence-electron chi connectivity index (χ2n) is 8.17. The second-order valence-corrected chi connectivity index (χ2v) is 8.17. The molecule has 2 atom stereocenters. The SMILES string of the molecule is Cc1cn2nc(-c3ccc4cc(N5CC(C)NC(C)C5)cnc4n3)cc(C)c2n1. The molecular weight excluding hydrogens is 362 g/mol. The fourth-order valence-electron chi connectivity index (χ4n) is 4.22. The molecule has 2 unspecified atom stereocenters. The molecule has 0 saturated carbocycles. The fraction of sp³-hybridized carbons (Fsp3) is 0.364. The summed E-state index contributed by atoms with van der Waals surface area (Å²) in [4.78, 5) is 16.4. The lowest BCUT2D eigenvalue weighted by Gasteiger charge is -2.37. The number of nitrogens with zero attached hydrogens (tertiary/aromatic N) is 6. The zero-order valence-electron chi connectivity index (χ0n) is 17.2. The minimum atomic E-state index is 0.464. The Balaban J connectivity index is 1.51. The van der Waals surface area contributed by atoms with Crippen LogP contribution >= 0.6 is 0 Å². The van der Waals surface area contributed by atoms with Crippen LogP contribution in [-0.4, -0.2) is 49.7 Å². The molecule has 4 aromatic heterocycles. The van der Waals surface area contributed by atoms with Crippen LogP contribution in [-0.2, 0) is 0 Å². The van der Waals surface area contributed by atoms with E-state index in [1.165, 1.54) is 0 Å². The monoisotopic (exact) mass is 387 g/mol. The number of imidazole rings is 1. The number of piperazine rings is 1. The molecule has 1 aliphatic heterocycles. The summed E-state index contributed by atoms with van der Waals surface area (Å²) in [5, 5.41) is 9.31. The van der Waals surface area contributed by atoms with Gasteiger partial charge in [-0.25, -0.2) is 19.5 Å². The molecule has 7 heteroatoms. The number of pyridine rings is 2. The number of rotatable bonds is 2. The van der Waals surface area contributed by atoms with Crippen molar-refractivity contribution in [3.8, 4) is 11.4 Å². The first kappa shape index (κ1) is 18.0. The van der Waals surface area contributed by atoms with Crippen LogP contribution < -0.4 is 10.2 Å². The summed E-state index contributed by atoms with van der Waals surface area (Å²) in [7, 11) is 0. The average Bonchev–Trinajstić information content (AvgIpc) is 3.07. The molecule has 1 saturated heterocycles. The number of aromatic nitrogens is 5. The molecular formula is C22H25N7. The molecule has 0 bridgehead atoms. The van der Waals surface area contributed by atoms with Gasteiger partial charge in [-0.3, -0.25) is 0 Å². The van der Waals surface area contributed by atoms with Gasteiger partial charge in [-0.05, 0) is 57.5 Å². The lowest BCUT2D eigenvalue weighted by Crippen LogP contribution is -2.54. The van der Waals surface area contributed by atoms with Crippen LogP contribution in [0.5, 0.6) is 0 Å². The van der Waals surface area contributed by atoms with Crippen LogP contribution in [0, 0.1) is 13.8 Å². The highest BCUT2D eigenvalue weighted by Gasteiger charge is 2.21. The van der Waals surface area contributed by atoms with Gasteiger partial charge in [0.2, 0.25) is 0 Å². The van der Waals surface area contributed by atoms with Crippen molar-refractivity contribution >= 4 is 22.4 Å². The molecule has 0 aliphatic carbocycles. The van der Waals surface area contributed by atoms with Crippen LogP contribution in [0.4, 0.5) is 5.69 Å². The molecule has 148 valence electrons. The lowest BCUT2D eigenvalue weighted by atomic mass is 10.1. The summed E-state index contributed by atoms with van der Waals surface area (Å²) < 4.78 is 1.83. The van der Waals surface area contributed by atoms with Crippen LogP contribution in [0.15, 0.2) is 36.7 Å². The number of hydrogen-bond donors (Lipinski definition) is 1. The van der Waals surface area contributed by atoms with Crippen molar-refractivity contribution in [3.05, 3.63) is 47.9 Å². The van der Waals surface area contributed by atoms with E-state index in [1.807, 2.05) is 42.9 Å². The van der Waals surface area contributed by atoms with E-state index in [0.29, 0.717) is 12.1 Å². The summed E-state index contributed by atoms with van der Waals surface area (Å²) >= 11 is 0. The summed E-state index contributed by atoms with van der Waals surface area (Å²) in [6, 6.07) is 9.26. The zero-order valence-corrected chi connectivity index (χ0v) is 17.2. The van der Waals surface area contributed by atoms with Gasteiger partial charge in [0.05, 0.1) is 29.5 Å². The van der Waals surface area contributed by atoms with Crippen molar-refractivity contribution in [2.24, 2.45) is 0 Å². The molecule has 1 aliphatic rings. The Hall–Kier alpha value is -3.06. The van der Waals surface area contributed by atoms with E-state index in [4.69, 9.17) is 10.1 Å². The van der Waals surface area contributed by atoms with Crippen LogP contribution in [0.3, 0.4) is 0 Å². The molecule has 5 heterocycles. The van der Waals surface area contributed by atoms with E-state index in [0.717, 1.165) is 58.1 Å². The first-order valence-electron chi connectivity index (χ1n) is 10.1. The van der Waals surface area contributed by atoms with Gasteiger partial charge in [0.15, 0.2) is 11.3 Å². The first-order valence-corrected chi connectivity index (χ1v) is 10.1. The molecule has 0 amide bonds. The second kappa shape index (κ2) is 6.77. The zero-order chi connectivity index (χ0) is 20.1. The van der Waals surface area contributed by atoms with E-state index >= 15 is 0 Å². The molecule has 7 nitrogen and oxygen atoms in total. The number of hydrogen-bond acceptors (Lipinski definition) is 6. The maximum absolute atomic E-state index is 4.78. The third-order valence-electron chi connectivity index (χ3n) is 5.44. The molecule has 0 radical (unpaired) electrons. The Kier molecular flexibility index (Phi) is 4.20. The maximum Gasteiger partial charge on any atom is 0.159 e. The predicted molar refractivity (Wildman–Crippen MR) is 115 cm³/mol. The van der Waals surface area contributed by atoms with Gasteiger partial charge in [-0.2, -0.15) is 5.10 Å². The number of fused-ring (bicyclic) bond motifs is 2. The largest absolute Gasteiger partial charge is 0.367 e. The summed E-state index contributed by atoms with van der Waals surface area (Å²) in [5.41, 5.74) is 6.45. The molecule has 29 heavy (non-hydrogen) atoms. The average molecular weight is 387 g/mol. The minimum Gasteiger partial charge on any atom is -0.367 e. The minimum absolute atomic E-state index is 0.464. The van der Waals surface area contributed by atoms with Crippen molar-refractivity contribution in [2.45, 2.75) is 39.8 Å². The smallest absolute Gasteiger partial charge is 0.159 e. The highest BCUT2D eigenvalue weighted by molar-refractivity contribution is 5.81. The van der Waals surface area contributed by atoms with Crippen molar-refractivity contribution in [2.75, 3.05) is 18.0 Å². The van der Waals surface area contributed by atoms with Gasteiger partial charge in [0.25, 0.3) is 0 Å². The van der Waals surface area contributed by atoms with E-state index < -0.39 is 0 Å². The van der Waals surface area contributed by atoms with Gasteiger partial charge < -0.3 is 10.2 Å². The third-order valence-corrected chi connectivity index (χ3v) is 5.44. The molecule has 0 aromatic carbocycles. The Labute approximate surface area is 169 Å². The highest BCUT2D eigenvalue weighted by atomic mass is 15.3. The molecule has 1 N–H and O–H groups in total. The van der Waals surface area contributed by atoms with Gasteiger partial charge in [0, 0.05) is 30.6 Å². The number of anilines is 1. The standard InChI is InChI=1S/C22H25N7/c1-13-7-20(27-29-12-16(4)25-22(13)29)19-6-5-17-8-18(9-23-21(17)26-19)28-10-14(2)24-15(3)11-28/h5-9,12,14-15,24H,10-11H2,1-4H3. The first-order chi connectivity index (χ1) is 14.0. The summed E-state index contributed by atoms with van der Waals surface area (Å²) in [6.45, 7) is 10.4. The Bertz CT molecular complexity index is 1200.